The maximum atomic E-state index is 13.0. The Labute approximate surface area is 146 Å². The molecular weight excluding hydrogens is 318 g/mol. The van der Waals surface area contributed by atoms with Crippen molar-refractivity contribution in [3.8, 4) is 5.75 Å². The highest BCUT2D eigenvalue weighted by molar-refractivity contribution is 6.09. The number of aryl methyl sites for hydroxylation is 1. The molecule has 0 aromatic heterocycles. The van der Waals surface area contributed by atoms with Crippen molar-refractivity contribution in [1.82, 2.24) is 0 Å². The number of aliphatic hydroxyl groups is 1. The average molecular weight is 339 g/mol. The molecule has 1 aliphatic rings. The van der Waals surface area contributed by atoms with Crippen molar-refractivity contribution < 1.29 is 19.4 Å². The number of Topliss-reactive ketones (excluding diaryl/α,β-unsaturated/α-hetero) is 1. The number of carbonyl (C=O) groups excluding carboxylic acids is 2. The number of para-hydroxylation sites is 1. The van der Waals surface area contributed by atoms with Gasteiger partial charge in [0.2, 0.25) is 0 Å². The van der Waals surface area contributed by atoms with Crippen LogP contribution in [0.3, 0.4) is 0 Å². The summed E-state index contributed by atoms with van der Waals surface area (Å²) >= 11 is 0. The molecule has 1 heterocycles. The van der Waals surface area contributed by atoms with E-state index in [4.69, 9.17) is 4.74 Å². The number of nitrogens with zero attached hydrogens (tertiary/aromatic N) is 1. The minimum absolute atomic E-state index is 0.221. The van der Waals surface area contributed by atoms with Crippen LogP contribution in [0.25, 0.3) is 0 Å². The van der Waals surface area contributed by atoms with E-state index in [0.717, 1.165) is 16.9 Å². The van der Waals surface area contributed by atoms with Gasteiger partial charge in [-0.1, -0.05) is 30.3 Å². The van der Waals surface area contributed by atoms with Crippen molar-refractivity contribution in [3.63, 3.8) is 0 Å². The van der Waals surface area contributed by atoms with Crippen LogP contribution in [0, 0.1) is 6.92 Å². The lowest BCUT2D eigenvalue weighted by Crippen LogP contribution is -2.41. The maximum Gasteiger partial charge on any atom is 0.264 e. The molecule has 1 atom stereocenters. The fraction of sp³-hybridized carbons (Fsp3) is 0.300. The van der Waals surface area contributed by atoms with E-state index < -0.39 is 11.5 Å². The third-order valence-corrected chi connectivity index (χ3v) is 4.56. The van der Waals surface area contributed by atoms with Gasteiger partial charge in [-0.25, -0.2) is 0 Å². The molecule has 1 N–H and O–H groups in total. The highest BCUT2D eigenvalue weighted by Gasteiger charge is 2.50. The van der Waals surface area contributed by atoms with Crippen molar-refractivity contribution in [1.29, 1.82) is 0 Å². The molecule has 0 bridgehead atoms. The van der Waals surface area contributed by atoms with Gasteiger partial charge < -0.3 is 14.7 Å². The predicted molar refractivity (Wildman–Crippen MR) is 94.6 cm³/mol. The van der Waals surface area contributed by atoms with Gasteiger partial charge in [-0.05, 0) is 37.1 Å². The maximum absolute atomic E-state index is 13.0. The molecule has 0 fully saturated rings. The van der Waals surface area contributed by atoms with E-state index in [1.807, 2.05) is 37.3 Å². The molecule has 1 aliphatic heterocycles. The number of anilines is 1. The smallest absolute Gasteiger partial charge is 0.264 e. The summed E-state index contributed by atoms with van der Waals surface area (Å²) in [7, 11) is 1.60. The number of benzene rings is 2. The van der Waals surface area contributed by atoms with E-state index in [2.05, 4.69) is 0 Å². The highest BCUT2D eigenvalue weighted by atomic mass is 16.5. The van der Waals surface area contributed by atoms with Crippen molar-refractivity contribution in [2.45, 2.75) is 32.4 Å². The largest absolute Gasteiger partial charge is 0.497 e. The summed E-state index contributed by atoms with van der Waals surface area (Å²) in [5, 5.41) is 11.0. The monoisotopic (exact) mass is 339 g/mol. The fourth-order valence-electron chi connectivity index (χ4n) is 3.39. The van der Waals surface area contributed by atoms with E-state index in [9.17, 15) is 14.7 Å². The first kappa shape index (κ1) is 17.2. The van der Waals surface area contributed by atoms with Crippen LogP contribution < -0.4 is 9.64 Å². The number of carbonyl (C=O) groups is 2. The summed E-state index contributed by atoms with van der Waals surface area (Å²) < 4.78 is 5.15. The molecule has 1 amide bonds. The molecule has 5 heteroatoms. The van der Waals surface area contributed by atoms with Crippen molar-refractivity contribution in [3.05, 3.63) is 59.2 Å². The number of hydrogen-bond acceptors (Lipinski definition) is 4. The fourth-order valence-corrected chi connectivity index (χ4v) is 3.39. The normalized spacial score (nSPS) is 19.0. The summed E-state index contributed by atoms with van der Waals surface area (Å²) in [6.07, 6.45) is -0.221. The molecular formula is C20H21NO4. The average Bonchev–Trinajstić information content (AvgIpc) is 2.78. The van der Waals surface area contributed by atoms with Gasteiger partial charge in [0.15, 0.2) is 5.60 Å². The van der Waals surface area contributed by atoms with Gasteiger partial charge in [-0.2, -0.15) is 0 Å². The number of ketones is 1. The Bertz CT molecular complexity index is 828. The third-order valence-electron chi connectivity index (χ3n) is 4.56. The first-order valence-electron chi connectivity index (χ1n) is 8.13. The Hall–Kier alpha value is -2.66. The molecule has 0 radical (unpaired) electrons. The second kappa shape index (κ2) is 6.33. The van der Waals surface area contributed by atoms with Gasteiger partial charge >= 0.3 is 0 Å². The lowest BCUT2D eigenvalue weighted by Gasteiger charge is -2.22. The molecule has 0 saturated carbocycles. The van der Waals surface area contributed by atoms with Gasteiger partial charge in [0.1, 0.15) is 11.5 Å². The van der Waals surface area contributed by atoms with Crippen LogP contribution in [-0.2, 0) is 21.7 Å². The Kier molecular flexibility index (Phi) is 4.35. The molecule has 0 spiro atoms. The van der Waals surface area contributed by atoms with Gasteiger partial charge in [0.25, 0.3) is 5.91 Å². The number of rotatable bonds is 5. The minimum Gasteiger partial charge on any atom is -0.497 e. The predicted octanol–water partition coefficient (Wildman–Crippen LogP) is 2.72. The summed E-state index contributed by atoms with van der Waals surface area (Å²) in [5.74, 6) is 0.0542. The van der Waals surface area contributed by atoms with Crippen LogP contribution in [0.1, 0.15) is 30.0 Å². The second-order valence-electron chi connectivity index (χ2n) is 6.45. The first-order chi connectivity index (χ1) is 11.9. The van der Waals surface area contributed by atoms with Crippen LogP contribution in [0.2, 0.25) is 0 Å². The van der Waals surface area contributed by atoms with Crippen LogP contribution in [0.4, 0.5) is 5.69 Å². The molecule has 0 unspecified atom stereocenters. The van der Waals surface area contributed by atoms with Crippen molar-refractivity contribution in [2.24, 2.45) is 0 Å². The Morgan fingerprint density at radius 3 is 2.48 bits per heavy atom. The Morgan fingerprint density at radius 1 is 1.20 bits per heavy atom. The molecule has 2 aromatic rings. The molecule has 5 nitrogen and oxygen atoms in total. The summed E-state index contributed by atoms with van der Waals surface area (Å²) in [6, 6.07) is 12.8. The Morgan fingerprint density at radius 2 is 1.88 bits per heavy atom. The van der Waals surface area contributed by atoms with Gasteiger partial charge in [-0.3, -0.25) is 9.59 Å². The van der Waals surface area contributed by atoms with E-state index in [0.29, 0.717) is 17.8 Å². The first-order valence-corrected chi connectivity index (χ1v) is 8.13. The van der Waals surface area contributed by atoms with Crippen LogP contribution in [0.15, 0.2) is 42.5 Å². The molecule has 130 valence electrons. The zero-order valence-corrected chi connectivity index (χ0v) is 14.6. The topological polar surface area (TPSA) is 66.8 Å². The summed E-state index contributed by atoms with van der Waals surface area (Å²) in [6.45, 7) is 3.60. The number of amides is 1. The molecule has 25 heavy (non-hydrogen) atoms. The zero-order chi connectivity index (χ0) is 18.2. The lowest BCUT2D eigenvalue weighted by molar-refractivity contribution is -0.141. The van der Waals surface area contributed by atoms with E-state index in [1.54, 1.807) is 24.1 Å². The lowest BCUT2D eigenvalue weighted by atomic mass is 9.89. The second-order valence-corrected chi connectivity index (χ2v) is 6.45. The minimum atomic E-state index is -1.79. The standard InChI is InChI=1S/C20H21NO4/c1-13-5-4-6-17-18(13)21(19(23)20(17,24)11-14(2)22)12-15-7-9-16(25-3)10-8-15/h4-10,24H,11-12H2,1-3H3/t20-/m0/s1. The molecule has 0 aliphatic carbocycles. The summed E-state index contributed by atoms with van der Waals surface area (Å²) in [4.78, 5) is 26.2. The highest BCUT2D eigenvalue weighted by Crippen LogP contribution is 2.44. The third kappa shape index (κ3) is 2.91. The van der Waals surface area contributed by atoms with Gasteiger partial charge in [-0.15, -0.1) is 0 Å². The van der Waals surface area contributed by atoms with Crippen LogP contribution in [0.5, 0.6) is 5.75 Å². The molecule has 2 aromatic carbocycles. The quantitative estimate of drug-likeness (QED) is 0.909. The molecule has 3 rings (SSSR count). The van der Waals surface area contributed by atoms with Gasteiger partial charge in [0, 0.05) is 12.0 Å². The zero-order valence-electron chi connectivity index (χ0n) is 14.6. The van der Waals surface area contributed by atoms with Crippen molar-refractivity contribution >= 4 is 17.4 Å². The van der Waals surface area contributed by atoms with E-state index in [-0.39, 0.29) is 12.2 Å². The van der Waals surface area contributed by atoms with E-state index in [1.165, 1.54) is 6.92 Å². The SMILES string of the molecule is COc1ccc(CN2C(=O)[C@](O)(CC(C)=O)c3cccc(C)c32)cc1. The van der Waals surface area contributed by atoms with Crippen LogP contribution >= 0.6 is 0 Å². The van der Waals surface area contributed by atoms with E-state index >= 15 is 0 Å². The van der Waals surface area contributed by atoms with Crippen LogP contribution in [-0.4, -0.2) is 23.9 Å². The number of methoxy groups -OCH3 is 1. The number of hydrogen-bond donors (Lipinski definition) is 1. The van der Waals surface area contributed by atoms with Gasteiger partial charge in [0.05, 0.1) is 19.3 Å². The number of ether oxygens (including phenoxy) is 1. The Balaban J connectivity index is 2.02. The summed E-state index contributed by atoms with van der Waals surface area (Å²) in [5.41, 5.74) is 1.20. The number of fused-ring (bicyclic) bond motifs is 1. The molecule has 0 saturated heterocycles. The van der Waals surface area contributed by atoms with Crippen molar-refractivity contribution in [2.75, 3.05) is 12.0 Å².